The van der Waals surface area contributed by atoms with E-state index in [1.165, 1.54) is 43.4 Å². The van der Waals surface area contributed by atoms with Gasteiger partial charge in [-0.3, -0.25) is 0 Å². The minimum Gasteiger partial charge on any atom is -0.438 e. The second-order valence-corrected chi connectivity index (χ2v) is 11.2. The highest BCUT2D eigenvalue weighted by Crippen LogP contribution is 2.43. The van der Waals surface area contributed by atoms with Crippen molar-refractivity contribution in [3.8, 4) is 11.1 Å². The molecule has 206 valence electrons. The fourth-order valence-electron chi connectivity index (χ4n) is 6.73. The minimum atomic E-state index is 0.636. The highest BCUT2D eigenvalue weighted by atomic mass is 16.3. The van der Waals surface area contributed by atoms with Gasteiger partial charge in [-0.05, 0) is 85.9 Å². The molecule has 0 fully saturated rings. The van der Waals surface area contributed by atoms with Gasteiger partial charge in [0.25, 0.3) is 0 Å². The zero-order valence-corrected chi connectivity index (χ0v) is 23.8. The van der Waals surface area contributed by atoms with E-state index in [0.29, 0.717) is 5.71 Å². The first-order valence-electron chi connectivity index (χ1n) is 14.9. The molecule has 0 bridgehead atoms. The van der Waals surface area contributed by atoms with Gasteiger partial charge >= 0.3 is 0 Å². The van der Waals surface area contributed by atoms with Crippen molar-refractivity contribution in [2.75, 3.05) is 4.90 Å². The summed E-state index contributed by atoms with van der Waals surface area (Å²) in [6, 6.07) is 53.9. The molecule has 0 saturated carbocycles. The zero-order chi connectivity index (χ0) is 29.0. The fraction of sp³-hybridized carbons (Fsp3) is 0. The zero-order valence-electron chi connectivity index (χ0n) is 23.8. The van der Waals surface area contributed by atoms with E-state index in [0.717, 1.165) is 33.4 Å². The Morgan fingerprint density at radius 1 is 0.477 bits per heavy atom. The maximum atomic E-state index is 6.16. The van der Waals surface area contributed by atoms with Crippen molar-refractivity contribution in [2.24, 2.45) is 0 Å². The Labute approximate surface area is 254 Å². The van der Waals surface area contributed by atoms with Crippen LogP contribution in [0.4, 0.5) is 17.1 Å². The van der Waals surface area contributed by atoms with Crippen LogP contribution in [0.1, 0.15) is 0 Å². The van der Waals surface area contributed by atoms with Crippen LogP contribution >= 0.6 is 0 Å². The number of nitrogens with zero attached hydrogens (tertiary/aromatic N) is 2. The number of hydrogen-bond acceptors (Lipinski definition) is 3. The molecule has 0 saturated heterocycles. The summed E-state index contributed by atoms with van der Waals surface area (Å²) in [6.07, 6.45) is 1.83. The van der Waals surface area contributed by atoms with Gasteiger partial charge in [-0.15, -0.1) is 0 Å². The van der Waals surface area contributed by atoms with Crippen LogP contribution in [0.2, 0.25) is 0 Å². The van der Waals surface area contributed by atoms with Crippen molar-refractivity contribution >= 4 is 71.4 Å². The number of pyridine rings is 1. The van der Waals surface area contributed by atoms with Gasteiger partial charge in [0, 0.05) is 23.0 Å². The van der Waals surface area contributed by atoms with E-state index in [4.69, 9.17) is 4.42 Å². The Kier molecular flexibility index (Phi) is 5.50. The molecule has 0 aliphatic heterocycles. The number of hydrogen-bond donors (Lipinski definition) is 0. The van der Waals surface area contributed by atoms with Crippen LogP contribution in [-0.4, -0.2) is 4.98 Å². The van der Waals surface area contributed by atoms with Gasteiger partial charge in [-0.25, -0.2) is 4.98 Å². The molecule has 2 heterocycles. The predicted octanol–water partition coefficient (Wildman–Crippen LogP) is 11.6. The summed E-state index contributed by atoms with van der Waals surface area (Å²) in [5.41, 5.74) is 7.05. The highest BCUT2D eigenvalue weighted by Gasteiger charge is 2.20. The molecule has 0 radical (unpaired) electrons. The third-order valence-electron chi connectivity index (χ3n) is 8.70. The van der Waals surface area contributed by atoms with Gasteiger partial charge in [0.2, 0.25) is 5.71 Å². The summed E-state index contributed by atoms with van der Waals surface area (Å²) in [6.45, 7) is 0. The van der Waals surface area contributed by atoms with Gasteiger partial charge in [0.15, 0.2) is 0 Å². The molecule has 3 heteroatoms. The Morgan fingerprint density at radius 3 is 1.98 bits per heavy atom. The van der Waals surface area contributed by atoms with Crippen LogP contribution in [0.5, 0.6) is 0 Å². The maximum Gasteiger partial charge on any atom is 0.229 e. The largest absolute Gasteiger partial charge is 0.438 e. The van der Waals surface area contributed by atoms with E-state index in [2.05, 4.69) is 137 Å². The monoisotopic (exact) mass is 562 g/mol. The molecule has 0 aliphatic carbocycles. The normalized spacial score (nSPS) is 11.6. The lowest BCUT2D eigenvalue weighted by Crippen LogP contribution is -2.10. The summed E-state index contributed by atoms with van der Waals surface area (Å²) < 4.78 is 6.16. The van der Waals surface area contributed by atoms with E-state index in [1.54, 1.807) is 0 Å². The fourth-order valence-corrected chi connectivity index (χ4v) is 6.73. The molecular weight excluding hydrogens is 536 g/mol. The molecule has 0 unspecified atom stereocenters. The molecule has 3 nitrogen and oxygen atoms in total. The minimum absolute atomic E-state index is 0.636. The first-order chi connectivity index (χ1) is 21.8. The van der Waals surface area contributed by atoms with Crippen LogP contribution in [0.3, 0.4) is 0 Å². The standard InChI is InChI=1S/C41H26N2O/c1-2-11-30(12-3-1)43(37-24-25-42-41-40(37)35-16-8-9-17-38(35)44-41)31-22-20-28(21-23-31)36-26-29-19-18-27-10-4-5-13-32(27)39(29)34-15-7-6-14-33(34)36/h1-26H. The van der Waals surface area contributed by atoms with Crippen molar-refractivity contribution < 1.29 is 4.42 Å². The Bertz CT molecular complexity index is 2490. The second kappa shape index (κ2) is 9.82. The molecule has 0 atom stereocenters. The quantitative estimate of drug-likeness (QED) is 0.200. The summed E-state index contributed by atoms with van der Waals surface area (Å²) in [5, 5.41) is 9.70. The van der Waals surface area contributed by atoms with Gasteiger partial charge in [0.1, 0.15) is 5.58 Å². The number of furan rings is 1. The lowest BCUT2D eigenvalue weighted by Gasteiger charge is -2.26. The lowest BCUT2D eigenvalue weighted by molar-refractivity contribution is 0.654. The SMILES string of the molecule is c1ccc(N(c2ccc(-c3cc4ccc5ccccc5c4c4ccccc34)cc2)c2ccnc3oc4ccccc4c23)cc1. The van der Waals surface area contributed by atoms with Crippen LogP contribution in [0.25, 0.3) is 65.5 Å². The third kappa shape index (κ3) is 3.80. The van der Waals surface area contributed by atoms with Crippen molar-refractivity contribution in [3.05, 3.63) is 158 Å². The molecule has 44 heavy (non-hydrogen) atoms. The topological polar surface area (TPSA) is 29.3 Å². The number of fused-ring (bicyclic) bond motifs is 8. The van der Waals surface area contributed by atoms with Crippen molar-refractivity contribution in [2.45, 2.75) is 0 Å². The highest BCUT2D eigenvalue weighted by molar-refractivity contribution is 6.23. The number of aromatic nitrogens is 1. The molecule has 0 amide bonds. The van der Waals surface area contributed by atoms with E-state index in [9.17, 15) is 0 Å². The molecule has 0 spiro atoms. The average Bonchev–Trinajstić information content (AvgIpc) is 3.48. The lowest BCUT2D eigenvalue weighted by atomic mass is 9.91. The number of anilines is 3. The van der Waals surface area contributed by atoms with Gasteiger partial charge in [-0.1, -0.05) is 109 Å². The van der Waals surface area contributed by atoms with Crippen LogP contribution in [0, 0.1) is 0 Å². The van der Waals surface area contributed by atoms with E-state index >= 15 is 0 Å². The smallest absolute Gasteiger partial charge is 0.229 e. The molecule has 9 aromatic rings. The summed E-state index contributed by atoms with van der Waals surface area (Å²) in [5.74, 6) is 0. The number of benzene rings is 7. The summed E-state index contributed by atoms with van der Waals surface area (Å²) in [4.78, 5) is 6.87. The second-order valence-electron chi connectivity index (χ2n) is 11.2. The molecular formula is C41H26N2O. The molecule has 2 aromatic heterocycles. The number of rotatable bonds is 4. The molecule has 0 N–H and O–H groups in total. The Hall–Kier alpha value is -5.93. The van der Waals surface area contributed by atoms with E-state index in [1.807, 2.05) is 30.5 Å². The van der Waals surface area contributed by atoms with Gasteiger partial charge in [0.05, 0.1) is 11.1 Å². The molecule has 7 aromatic carbocycles. The van der Waals surface area contributed by atoms with Crippen molar-refractivity contribution in [1.82, 2.24) is 4.98 Å². The first kappa shape index (κ1) is 24.6. The summed E-state index contributed by atoms with van der Waals surface area (Å²) in [7, 11) is 0. The van der Waals surface area contributed by atoms with E-state index in [-0.39, 0.29) is 0 Å². The summed E-state index contributed by atoms with van der Waals surface area (Å²) >= 11 is 0. The van der Waals surface area contributed by atoms with Crippen LogP contribution in [-0.2, 0) is 0 Å². The van der Waals surface area contributed by atoms with Crippen LogP contribution < -0.4 is 4.90 Å². The van der Waals surface area contributed by atoms with Gasteiger partial charge < -0.3 is 9.32 Å². The first-order valence-corrected chi connectivity index (χ1v) is 14.9. The Balaban J connectivity index is 1.23. The maximum absolute atomic E-state index is 6.16. The van der Waals surface area contributed by atoms with Crippen LogP contribution in [0.15, 0.2) is 162 Å². The number of para-hydroxylation sites is 2. The predicted molar refractivity (Wildman–Crippen MR) is 184 cm³/mol. The molecule has 0 aliphatic rings. The third-order valence-corrected chi connectivity index (χ3v) is 8.70. The van der Waals surface area contributed by atoms with Gasteiger partial charge in [-0.2, -0.15) is 0 Å². The average molecular weight is 563 g/mol. The van der Waals surface area contributed by atoms with Crippen molar-refractivity contribution in [1.29, 1.82) is 0 Å². The van der Waals surface area contributed by atoms with Crippen molar-refractivity contribution in [3.63, 3.8) is 0 Å². The van der Waals surface area contributed by atoms with E-state index < -0.39 is 0 Å². The Morgan fingerprint density at radius 2 is 1.14 bits per heavy atom. The molecule has 9 rings (SSSR count).